The van der Waals surface area contributed by atoms with Gasteiger partial charge in [-0.05, 0) is 53.9 Å². The van der Waals surface area contributed by atoms with E-state index in [-0.39, 0.29) is 5.91 Å². The number of carbonyl (C=O) groups excluding carboxylic acids is 1. The van der Waals surface area contributed by atoms with E-state index >= 15 is 0 Å². The molecule has 0 aliphatic heterocycles. The minimum atomic E-state index is -0.161. The number of anilines is 1. The largest absolute Gasteiger partial charge is 0.322 e. The van der Waals surface area contributed by atoms with Crippen LogP contribution in [0.2, 0.25) is 5.02 Å². The number of hydrogen-bond acceptors (Lipinski definition) is 3. The van der Waals surface area contributed by atoms with E-state index in [1.54, 1.807) is 11.3 Å². The molecule has 0 saturated carbocycles. The van der Waals surface area contributed by atoms with E-state index in [4.69, 9.17) is 11.6 Å². The molecule has 0 spiro atoms. The maximum Gasteiger partial charge on any atom is 0.256 e. The third kappa shape index (κ3) is 3.37. The standard InChI is InChI=1S/C24H15ClN2OS/c25-20-8-4-5-17-18(20)6-3-7-19(17)23(28)26-16-13-11-15(12-14-16)24-27-21-9-1-2-10-22(21)29-24/h1-14H,(H,26,28). The van der Waals surface area contributed by atoms with Crippen LogP contribution in [0.3, 0.4) is 0 Å². The lowest BCUT2D eigenvalue weighted by Gasteiger charge is -2.09. The van der Waals surface area contributed by atoms with Gasteiger partial charge in [-0.3, -0.25) is 4.79 Å². The number of benzene rings is 4. The average molecular weight is 415 g/mol. The highest BCUT2D eigenvalue weighted by atomic mass is 35.5. The predicted molar refractivity (Wildman–Crippen MR) is 122 cm³/mol. The lowest BCUT2D eigenvalue weighted by molar-refractivity contribution is 0.102. The molecule has 1 heterocycles. The fourth-order valence-electron chi connectivity index (χ4n) is 3.36. The van der Waals surface area contributed by atoms with Gasteiger partial charge in [0.2, 0.25) is 0 Å². The summed E-state index contributed by atoms with van der Waals surface area (Å²) in [7, 11) is 0. The molecule has 29 heavy (non-hydrogen) atoms. The highest BCUT2D eigenvalue weighted by Crippen LogP contribution is 2.31. The molecule has 4 aromatic carbocycles. The van der Waals surface area contributed by atoms with E-state index < -0.39 is 0 Å². The summed E-state index contributed by atoms with van der Waals surface area (Å²) < 4.78 is 1.16. The number of aromatic nitrogens is 1. The second-order valence-electron chi connectivity index (χ2n) is 6.66. The van der Waals surface area contributed by atoms with Gasteiger partial charge >= 0.3 is 0 Å². The zero-order valence-electron chi connectivity index (χ0n) is 15.2. The van der Waals surface area contributed by atoms with Crippen molar-refractivity contribution in [2.24, 2.45) is 0 Å². The molecule has 0 radical (unpaired) electrons. The van der Waals surface area contributed by atoms with Crippen LogP contribution in [0.15, 0.2) is 84.9 Å². The van der Waals surface area contributed by atoms with E-state index in [1.807, 2.05) is 78.9 Å². The van der Waals surface area contributed by atoms with E-state index in [1.165, 1.54) is 0 Å². The molecule has 0 aliphatic rings. The first kappa shape index (κ1) is 17.9. The number of fused-ring (bicyclic) bond motifs is 2. The molecule has 1 aromatic heterocycles. The van der Waals surface area contributed by atoms with Crippen molar-refractivity contribution in [3.63, 3.8) is 0 Å². The van der Waals surface area contributed by atoms with Gasteiger partial charge in [-0.15, -0.1) is 11.3 Å². The van der Waals surface area contributed by atoms with Crippen LogP contribution in [-0.2, 0) is 0 Å². The Morgan fingerprint density at radius 1 is 0.828 bits per heavy atom. The first-order valence-electron chi connectivity index (χ1n) is 9.14. The molecular weight excluding hydrogens is 400 g/mol. The summed E-state index contributed by atoms with van der Waals surface area (Å²) in [5.74, 6) is -0.161. The highest BCUT2D eigenvalue weighted by molar-refractivity contribution is 7.21. The van der Waals surface area contributed by atoms with Crippen molar-refractivity contribution in [1.29, 1.82) is 0 Å². The summed E-state index contributed by atoms with van der Waals surface area (Å²) >= 11 is 7.92. The lowest BCUT2D eigenvalue weighted by atomic mass is 10.0. The number of amides is 1. The minimum absolute atomic E-state index is 0.161. The normalized spacial score (nSPS) is 11.1. The van der Waals surface area contributed by atoms with Crippen LogP contribution in [-0.4, -0.2) is 10.9 Å². The Bertz CT molecular complexity index is 1330. The maximum absolute atomic E-state index is 12.8. The predicted octanol–water partition coefficient (Wildman–Crippen LogP) is 7.02. The Kier molecular flexibility index (Phi) is 4.51. The summed E-state index contributed by atoms with van der Waals surface area (Å²) in [6.07, 6.45) is 0. The zero-order chi connectivity index (χ0) is 19.8. The lowest BCUT2D eigenvalue weighted by Crippen LogP contribution is -2.12. The summed E-state index contributed by atoms with van der Waals surface area (Å²) in [5.41, 5.74) is 3.36. The van der Waals surface area contributed by atoms with Crippen molar-refractivity contribution in [2.45, 2.75) is 0 Å². The highest BCUT2D eigenvalue weighted by Gasteiger charge is 2.12. The number of para-hydroxylation sites is 1. The first-order valence-corrected chi connectivity index (χ1v) is 10.3. The fraction of sp³-hybridized carbons (Fsp3) is 0. The minimum Gasteiger partial charge on any atom is -0.322 e. The number of halogens is 1. The van der Waals surface area contributed by atoms with Gasteiger partial charge in [-0.2, -0.15) is 0 Å². The molecular formula is C24H15ClN2OS. The third-order valence-electron chi connectivity index (χ3n) is 4.80. The van der Waals surface area contributed by atoms with Gasteiger partial charge in [0.05, 0.1) is 10.2 Å². The number of carbonyl (C=O) groups is 1. The molecule has 1 N–H and O–H groups in total. The number of thiazole rings is 1. The van der Waals surface area contributed by atoms with Crippen molar-refractivity contribution < 1.29 is 4.79 Å². The molecule has 140 valence electrons. The first-order chi connectivity index (χ1) is 14.2. The Morgan fingerprint density at radius 2 is 1.59 bits per heavy atom. The van der Waals surface area contributed by atoms with Crippen molar-refractivity contribution in [2.75, 3.05) is 5.32 Å². The molecule has 0 aliphatic carbocycles. The quantitative estimate of drug-likeness (QED) is 0.344. The summed E-state index contributed by atoms with van der Waals surface area (Å²) in [5, 5.41) is 6.28. The van der Waals surface area contributed by atoms with Crippen LogP contribution in [0.25, 0.3) is 31.6 Å². The van der Waals surface area contributed by atoms with Gasteiger partial charge in [0, 0.05) is 27.2 Å². The van der Waals surface area contributed by atoms with Crippen LogP contribution < -0.4 is 5.32 Å². The van der Waals surface area contributed by atoms with Crippen molar-refractivity contribution in [1.82, 2.24) is 4.98 Å². The second-order valence-corrected chi connectivity index (χ2v) is 8.10. The summed E-state index contributed by atoms with van der Waals surface area (Å²) in [6.45, 7) is 0. The molecule has 1 amide bonds. The van der Waals surface area contributed by atoms with Crippen LogP contribution >= 0.6 is 22.9 Å². The Hall–Kier alpha value is -3.21. The Morgan fingerprint density at radius 3 is 2.41 bits per heavy atom. The van der Waals surface area contributed by atoms with Crippen molar-refractivity contribution >= 4 is 55.5 Å². The smallest absolute Gasteiger partial charge is 0.256 e. The fourth-order valence-corrected chi connectivity index (χ4v) is 4.57. The van der Waals surface area contributed by atoms with Gasteiger partial charge in [0.25, 0.3) is 5.91 Å². The molecule has 5 aromatic rings. The molecule has 5 rings (SSSR count). The molecule has 3 nitrogen and oxygen atoms in total. The van der Waals surface area contributed by atoms with E-state index in [2.05, 4.69) is 16.4 Å². The van der Waals surface area contributed by atoms with Gasteiger partial charge in [-0.1, -0.05) is 48.0 Å². The van der Waals surface area contributed by atoms with Gasteiger partial charge in [0.15, 0.2) is 0 Å². The third-order valence-corrected chi connectivity index (χ3v) is 6.21. The molecule has 5 heteroatoms. The van der Waals surface area contributed by atoms with Crippen LogP contribution in [0.1, 0.15) is 10.4 Å². The molecule has 0 atom stereocenters. The van der Waals surface area contributed by atoms with Crippen molar-refractivity contribution in [3.8, 4) is 10.6 Å². The number of hydrogen-bond donors (Lipinski definition) is 1. The van der Waals surface area contributed by atoms with Gasteiger partial charge in [0.1, 0.15) is 5.01 Å². The molecule has 0 saturated heterocycles. The monoisotopic (exact) mass is 414 g/mol. The molecule has 0 bridgehead atoms. The van der Waals surface area contributed by atoms with Crippen LogP contribution in [0, 0.1) is 0 Å². The van der Waals surface area contributed by atoms with E-state index in [0.717, 1.165) is 37.2 Å². The van der Waals surface area contributed by atoms with Gasteiger partial charge < -0.3 is 5.32 Å². The zero-order valence-corrected chi connectivity index (χ0v) is 16.8. The SMILES string of the molecule is O=C(Nc1ccc(-c2nc3ccccc3s2)cc1)c1cccc2c(Cl)cccc12. The Labute approximate surface area is 176 Å². The molecule has 0 unspecified atom stereocenters. The Balaban J connectivity index is 1.41. The van der Waals surface area contributed by atoms with Crippen LogP contribution in [0.4, 0.5) is 5.69 Å². The number of nitrogens with one attached hydrogen (secondary N) is 1. The van der Waals surface area contributed by atoms with Gasteiger partial charge in [-0.25, -0.2) is 4.98 Å². The summed E-state index contributed by atoms with van der Waals surface area (Å²) in [4.78, 5) is 17.5. The van der Waals surface area contributed by atoms with E-state index in [0.29, 0.717) is 10.6 Å². The summed E-state index contributed by atoms with van der Waals surface area (Å²) in [6, 6.07) is 27.0. The average Bonchev–Trinajstić information content (AvgIpc) is 3.18. The van der Waals surface area contributed by atoms with Crippen molar-refractivity contribution in [3.05, 3.63) is 95.5 Å². The van der Waals surface area contributed by atoms with E-state index in [9.17, 15) is 4.79 Å². The maximum atomic E-state index is 12.8. The topological polar surface area (TPSA) is 42.0 Å². The second kappa shape index (κ2) is 7.32. The number of rotatable bonds is 3. The molecule has 0 fully saturated rings. The number of nitrogens with zero attached hydrogens (tertiary/aromatic N) is 1. The van der Waals surface area contributed by atoms with Crippen LogP contribution in [0.5, 0.6) is 0 Å².